The summed E-state index contributed by atoms with van der Waals surface area (Å²) in [6.45, 7) is 1.36. The van der Waals surface area contributed by atoms with Crippen molar-refractivity contribution in [2.75, 3.05) is 7.11 Å². The highest BCUT2D eigenvalue weighted by atomic mass is 35.5. The number of carbonyl (C=O) groups is 1. The lowest BCUT2D eigenvalue weighted by atomic mass is 9.93. The van der Waals surface area contributed by atoms with Crippen LogP contribution in [0.4, 0.5) is 13.2 Å². The Kier molecular flexibility index (Phi) is 6.62. The third-order valence-corrected chi connectivity index (χ3v) is 6.32. The van der Waals surface area contributed by atoms with Gasteiger partial charge in [0.15, 0.2) is 5.65 Å². The van der Waals surface area contributed by atoms with E-state index < -0.39 is 17.4 Å². The van der Waals surface area contributed by atoms with Gasteiger partial charge in [-0.3, -0.25) is 13.9 Å². The van der Waals surface area contributed by atoms with Crippen LogP contribution >= 0.6 is 11.6 Å². The Morgan fingerprint density at radius 1 is 1.21 bits per heavy atom. The van der Waals surface area contributed by atoms with Gasteiger partial charge in [-0.05, 0) is 49.4 Å². The van der Waals surface area contributed by atoms with Gasteiger partial charge < -0.3 is 9.47 Å². The average molecular weight is 498 g/mol. The van der Waals surface area contributed by atoms with Crippen molar-refractivity contribution in [2.24, 2.45) is 0 Å². The van der Waals surface area contributed by atoms with Crippen LogP contribution in [0.3, 0.4) is 0 Å². The molecule has 2 aromatic heterocycles. The fourth-order valence-corrected chi connectivity index (χ4v) is 4.72. The summed E-state index contributed by atoms with van der Waals surface area (Å²) in [5.74, 6) is 0.0856. The zero-order valence-electron chi connectivity index (χ0n) is 18.6. The number of halogens is 4. The third kappa shape index (κ3) is 4.77. The monoisotopic (exact) mass is 497 g/mol. The average Bonchev–Trinajstić information content (AvgIpc) is 3.04. The summed E-state index contributed by atoms with van der Waals surface area (Å²) in [5.41, 5.74) is -0.479. The molecule has 1 aliphatic rings. The van der Waals surface area contributed by atoms with Gasteiger partial charge in [-0.2, -0.15) is 13.2 Å². The molecular weight excluding hydrogens is 475 g/mol. The van der Waals surface area contributed by atoms with Gasteiger partial charge in [0.2, 0.25) is 0 Å². The van der Waals surface area contributed by atoms with Crippen molar-refractivity contribution in [3.05, 3.63) is 57.1 Å². The number of benzene rings is 1. The van der Waals surface area contributed by atoms with E-state index in [4.69, 9.17) is 21.1 Å². The lowest BCUT2D eigenvalue weighted by Crippen LogP contribution is -2.32. The SMILES string of the molecule is COc1ccc(Cn2c(=O)n([C@H]3CC[C@H](OC(C)=O)CC3)c3ncc(C(F)(F)F)cc32)cc1Cl. The number of nitrogens with zero attached hydrogens (tertiary/aromatic N) is 3. The minimum atomic E-state index is -4.60. The van der Waals surface area contributed by atoms with E-state index in [9.17, 15) is 22.8 Å². The fraction of sp³-hybridized carbons (Fsp3) is 0.435. The van der Waals surface area contributed by atoms with Gasteiger partial charge in [-0.25, -0.2) is 9.78 Å². The summed E-state index contributed by atoms with van der Waals surface area (Å²) in [4.78, 5) is 28.8. The lowest BCUT2D eigenvalue weighted by molar-refractivity contribution is -0.148. The number of alkyl halides is 3. The Morgan fingerprint density at radius 3 is 2.50 bits per heavy atom. The molecule has 0 amide bonds. The van der Waals surface area contributed by atoms with Crippen LogP contribution in [0.25, 0.3) is 11.2 Å². The first-order valence-electron chi connectivity index (χ1n) is 10.8. The van der Waals surface area contributed by atoms with Crippen LogP contribution in [0.5, 0.6) is 5.75 Å². The normalized spacial score (nSPS) is 18.8. The van der Waals surface area contributed by atoms with E-state index in [1.807, 2.05) is 0 Å². The molecular formula is C23H23ClF3N3O4. The Bertz CT molecular complexity index is 1280. The molecule has 1 fully saturated rings. The second kappa shape index (κ2) is 9.32. The number of pyridine rings is 1. The van der Waals surface area contributed by atoms with Gasteiger partial charge in [0.05, 0.1) is 29.8 Å². The molecule has 4 rings (SSSR count). The molecule has 1 aliphatic carbocycles. The Hall–Kier alpha value is -3.01. The fourth-order valence-electron chi connectivity index (χ4n) is 4.44. The van der Waals surface area contributed by atoms with Gasteiger partial charge in [0, 0.05) is 19.2 Å². The standard InChI is InChI=1S/C23H23ClF3N3O4/c1-13(31)34-17-6-4-16(5-7-17)30-21-19(10-15(11-28-21)23(25,26)27)29(22(30)32)12-14-3-8-20(33-2)18(24)9-14/h3,8-11,16-17H,4-7,12H2,1-2H3/t16-,17-. The smallest absolute Gasteiger partial charge is 0.417 e. The maximum Gasteiger partial charge on any atom is 0.417 e. The highest BCUT2D eigenvalue weighted by Crippen LogP contribution is 2.34. The number of hydrogen-bond acceptors (Lipinski definition) is 5. The molecule has 182 valence electrons. The zero-order valence-corrected chi connectivity index (χ0v) is 19.3. The molecule has 0 atom stereocenters. The van der Waals surface area contributed by atoms with Crippen molar-refractivity contribution in [3.63, 3.8) is 0 Å². The van der Waals surface area contributed by atoms with E-state index in [0.29, 0.717) is 42.0 Å². The van der Waals surface area contributed by atoms with Gasteiger partial charge in [0.25, 0.3) is 0 Å². The highest BCUT2D eigenvalue weighted by molar-refractivity contribution is 6.32. The van der Waals surface area contributed by atoms with Crippen LogP contribution in [0, 0.1) is 0 Å². The summed E-state index contributed by atoms with van der Waals surface area (Å²) < 4.78 is 53.4. The minimum Gasteiger partial charge on any atom is -0.495 e. The molecule has 34 heavy (non-hydrogen) atoms. The van der Waals surface area contributed by atoms with Crippen LogP contribution in [0.2, 0.25) is 5.02 Å². The van der Waals surface area contributed by atoms with Crippen molar-refractivity contribution in [1.29, 1.82) is 0 Å². The predicted octanol–water partition coefficient (Wildman–Crippen LogP) is 4.97. The molecule has 0 bridgehead atoms. The van der Waals surface area contributed by atoms with Crippen molar-refractivity contribution in [2.45, 2.75) is 57.5 Å². The van der Waals surface area contributed by atoms with E-state index in [1.54, 1.807) is 18.2 Å². The molecule has 0 saturated heterocycles. The lowest BCUT2D eigenvalue weighted by Gasteiger charge is -2.28. The number of aromatic nitrogens is 3. The van der Waals surface area contributed by atoms with E-state index in [1.165, 1.54) is 23.2 Å². The molecule has 0 aliphatic heterocycles. The Balaban J connectivity index is 1.76. The second-order valence-corrected chi connectivity index (χ2v) is 8.72. The third-order valence-electron chi connectivity index (χ3n) is 6.03. The molecule has 1 saturated carbocycles. The van der Waals surface area contributed by atoms with E-state index in [0.717, 1.165) is 12.3 Å². The Morgan fingerprint density at radius 2 is 1.91 bits per heavy atom. The molecule has 1 aromatic carbocycles. The van der Waals surface area contributed by atoms with E-state index in [2.05, 4.69) is 4.98 Å². The number of imidazole rings is 1. The van der Waals surface area contributed by atoms with Gasteiger partial charge in [-0.15, -0.1) is 0 Å². The Labute approximate surface area is 198 Å². The van der Waals surface area contributed by atoms with Crippen LogP contribution in [-0.4, -0.2) is 33.3 Å². The van der Waals surface area contributed by atoms with Crippen LogP contribution < -0.4 is 10.4 Å². The van der Waals surface area contributed by atoms with Crippen molar-refractivity contribution < 1.29 is 27.4 Å². The number of rotatable bonds is 5. The molecule has 11 heteroatoms. The molecule has 7 nitrogen and oxygen atoms in total. The first-order valence-corrected chi connectivity index (χ1v) is 11.1. The summed E-state index contributed by atoms with van der Waals surface area (Å²) in [7, 11) is 1.47. The first kappa shape index (κ1) is 24.1. The van der Waals surface area contributed by atoms with E-state index in [-0.39, 0.29) is 35.8 Å². The quantitative estimate of drug-likeness (QED) is 0.465. The zero-order chi connectivity index (χ0) is 24.6. The topological polar surface area (TPSA) is 75.3 Å². The number of carbonyl (C=O) groups excluding carboxylic acids is 1. The summed E-state index contributed by atoms with van der Waals surface area (Å²) in [5, 5.41) is 0.328. The molecule has 2 heterocycles. The van der Waals surface area contributed by atoms with Crippen LogP contribution in [0.15, 0.2) is 35.3 Å². The number of esters is 1. The summed E-state index contributed by atoms with van der Waals surface area (Å²) in [6.07, 6.45) is -1.91. The summed E-state index contributed by atoms with van der Waals surface area (Å²) >= 11 is 6.20. The first-order chi connectivity index (χ1) is 16.1. The largest absolute Gasteiger partial charge is 0.495 e. The number of methoxy groups -OCH3 is 1. The van der Waals surface area contributed by atoms with Gasteiger partial charge in [-0.1, -0.05) is 17.7 Å². The number of fused-ring (bicyclic) bond motifs is 1. The van der Waals surface area contributed by atoms with Crippen LogP contribution in [0.1, 0.15) is 49.8 Å². The molecule has 0 radical (unpaired) electrons. The van der Waals surface area contributed by atoms with Crippen molar-refractivity contribution >= 4 is 28.7 Å². The molecule has 0 spiro atoms. The second-order valence-electron chi connectivity index (χ2n) is 8.31. The van der Waals surface area contributed by atoms with Gasteiger partial charge in [0.1, 0.15) is 11.9 Å². The molecule has 0 N–H and O–H groups in total. The maximum absolute atomic E-state index is 13.5. The number of hydrogen-bond donors (Lipinski definition) is 0. The molecule has 3 aromatic rings. The predicted molar refractivity (Wildman–Crippen MR) is 119 cm³/mol. The number of ether oxygens (including phenoxy) is 2. The van der Waals surface area contributed by atoms with Crippen LogP contribution in [-0.2, 0) is 22.3 Å². The summed E-state index contributed by atoms with van der Waals surface area (Å²) in [6, 6.07) is 5.63. The van der Waals surface area contributed by atoms with Crippen molar-refractivity contribution in [1.82, 2.24) is 14.1 Å². The van der Waals surface area contributed by atoms with Gasteiger partial charge >= 0.3 is 17.8 Å². The molecule has 0 unspecified atom stereocenters. The van der Waals surface area contributed by atoms with Crippen molar-refractivity contribution in [3.8, 4) is 5.75 Å². The maximum atomic E-state index is 13.5. The highest BCUT2D eigenvalue weighted by Gasteiger charge is 2.33. The van der Waals surface area contributed by atoms with E-state index >= 15 is 0 Å². The minimum absolute atomic E-state index is 0.0117.